The van der Waals surface area contributed by atoms with E-state index < -0.39 is 10.0 Å². The Morgan fingerprint density at radius 1 is 1.19 bits per heavy atom. The van der Waals surface area contributed by atoms with E-state index in [9.17, 15) is 13.2 Å². The SMILES string of the molecule is CCC(CC)NC(=O)c1ccc(S(=O)(=O)NC2CC2)cc1. The van der Waals surface area contributed by atoms with Gasteiger partial charge in [0.2, 0.25) is 10.0 Å². The van der Waals surface area contributed by atoms with E-state index in [0.29, 0.717) is 5.56 Å². The molecule has 1 aromatic carbocycles. The summed E-state index contributed by atoms with van der Waals surface area (Å²) in [6.07, 6.45) is 3.55. The van der Waals surface area contributed by atoms with Crippen LogP contribution in [-0.2, 0) is 10.0 Å². The van der Waals surface area contributed by atoms with Crippen LogP contribution in [0.25, 0.3) is 0 Å². The normalized spacial score (nSPS) is 15.2. The van der Waals surface area contributed by atoms with Gasteiger partial charge in [0.25, 0.3) is 5.91 Å². The molecule has 0 bridgehead atoms. The lowest BCUT2D eigenvalue weighted by Crippen LogP contribution is -2.33. The van der Waals surface area contributed by atoms with Crippen LogP contribution >= 0.6 is 0 Å². The second kappa shape index (κ2) is 6.58. The maximum Gasteiger partial charge on any atom is 0.251 e. The average molecular weight is 310 g/mol. The lowest BCUT2D eigenvalue weighted by molar-refractivity contribution is 0.0934. The number of hydrogen-bond acceptors (Lipinski definition) is 3. The fourth-order valence-electron chi connectivity index (χ4n) is 2.04. The molecule has 2 rings (SSSR count). The predicted octanol–water partition coefficient (Wildman–Crippen LogP) is 2.05. The largest absolute Gasteiger partial charge is 0.349 e. The van der Waals surface area contributed by atoms with Crippen molar-refractivity contribution in [3.05, 3.63) is 29.8 Å². The maximum absolute atomic E-state index is 12.0. The van der Waals surface area contributed by atoms with Crippen LogP contribution in [0, 0.1) is 0 Å². The number of carbonyl (C=O) groups excluding carboxylic acids is 1. The maximum atomic E-state index is 12.0. The van der Waals surface area contributed by atoms with Crippen molar-refractivity contribution in [3.63, 3.8) is 0 Å². The van der Waals surface area contributed by atoms with Gasteiger partial charge >= 0.3 is 0 Å². The number of carbonyl (C=O) groups is 1. The highest BCUT2D eigenvalue weighted by Gasteiger charge is 2.27. The van der Waals surface area contributed by atoms with Crippen LogP contribution in [0.4, 0.5) is 0 Å². The van der Waals surface area contributed by atoms with Gasteiger partial charge in [-0.3, -0.25) is 4.79 Å². The van der Waals surface area contributed by atoms with Crippen molar-refractivity contribution in [2.45, 2.75) is 56.5 Å². The summed E-state index contributed by atoms with van der Waals surface area (Å²) < 4.78 is 26.7. The van der Waals surface area contributed by atoms with Crippen LogP contribution in [0.5, 0.6) is 0 Å². The van der Waals surface area contributed by atoms with Crippen molar-refractivity contribution in [2.75, 3.05) is 0 Å². The Bertz CT molecular complexity index is 588. The van der Waals surface area contributed by atoms with E-state index >= 15 is 0 Å². The summed E-state index contributed by atoms with van der Waals surface area (Å²) in [7, 11) is -3.45. The van der Waals surface area contributed by atoms with Gasteiger partial charge in [-0.2, -0.15) is 0 Å². The zero-order valence-corrected chi connectivity index (χ0v) is 13.2. The molecule has 6 heteroatoms. The molecule has 0 heterocycles. The summed E-state index contributed by atoms with van der Waals surface area (Å²) in [4.78, 5) is 12.2. The van der Waals surface area contributed by atoms with E-state index in [2.05, 4.69) is 10.0 Å². The second-order valence-corrected chi connectivity index (χ2v) is 7.12. The van der Waals surface area contributed by atoms with E-state index in [1.165, 1.54) is 12.1 Å². The minimum atomic E-state index is -3.45. The van der Waals surface area contributed by atoms with Gasteiger partial charge in [0.15, 0.2) is 0 Å². The van der Waals surface area contributed by atoms with Crippen molar-refractivity contribution in [1.29, 1.82) is 0 Å². The molecule has 0 atom stereocenters. The van der Waals surface area contributed by atoms with Gasteiger partial charge in [0.05, 0.1) is 4.90 Å². The average Bonchev–Trinajstić information content (AvgIpc) is 3.28. The number of rotatable bonds is 7. The molecule has 1 aromatic rings. The number of sulfonamides is 1. The first-order valence-corrected chi connectivity index (χ1v) is 8.87. The topological polar surface area (TPSA) is 75.3 Å². The Balaban J connectivity index is 2.05. The Hall–Kier alpha value is -1.40. The Labute approximate surface area is 126 Å². The molecule has 116 valence electrons. The first kappa shape index (κ1) is 16.0. The molecule has 5 nitrogen and oxygen atoms in total. The van der Waals surface area contributed by atoms with Crippen LogP contribution in [-0.4, -0.2) is 26.4 Å². The summed E-state index contributed by atoms with van der Waals surface area (Å²) in [6, 6.07) is 6.29. The third kappa shape index (κ3) is 4.28. The molecular formula is C15H22N2O3S. The first-order chi connectivity index (χ1) is 9.96. The molecule has 0 saturated heterocycles. The highest BCUT2D eigenvalue weighted by atomic mass is 32.2. The fraction of sp³-hybridized carbons (Fsp3) is 0.533. The van der Waals surface area contributed by atoms with Crippen LogP contribution in [0.15, 0.2) is 29.2 Å². The molecule has 2 N–H and O–H groups in total. The van der Waals surface area contributed by atoms with Gasteiger partial charge in [-0.25, -0.2) is 13.1 Å². The van der Waals surface area contributed by atoms with Gasteiger partial charge in [0.1, 0.15) is 0 Å². The number of hydrogen-bond donors (Lipinski definition) is 2. The lowest BCUT2D eigenvalue weighted by Gasteiger charge is -2.14. The molecule has 1 aliphatic rings. The van der Waals surface area contributed by atoms with Crippen LogP contribution in [0.1, 0.15) is 49.9 Å². The number of nitrogens with one attached hydrogen (secondary N) is 2. The van der Waals surface area contributed by atoms with E-state index in [0.717, 1.165) is 25.7 Å². The molecule has 1 fully saturated rings. The first-order valence-electron chi connectivity index (χ1n) is 7.39. The van der Waals surface area contributed by atoms with Crippen LogP contribution in [0.3, 0.4) is 0 Å². The van der Waals surface area contributed by atoms with E-state index in [1.54, 1.807) is 12.1 Å². The summed E-state index contributed by atoms with van der Waals surface area (Å²) in [6.45, 7) is 4.04. The molecule has 0 aromatic heterocycles. The standard InChI is InChI=1S/C15H22N2O3S/c1-3-12(4-2)16-15(18)11-5-9-14(10-6-11)21(19,20)17-13-7-8-13/h5-6,9-10,12-13,17H,3-4,7-8H2,1-2H3,(H,16,18). The van der Waals surface area contributed by atoms with Crippen molar-refractivity contribution in [3.8, 4) is 0 Å². The van der Waals surface area contributed by atoms with Gasteiger partial charge in [-0.1, -0.05) is 13.8 Å². The molecule has 0 radical (unpaired) electrons. The van der Waals surface area contributed by atoms with Crippen molar-refractivity contribution in [2.24, 2.45) is 0 Å². The van der Waals surface area contributed by atoms with Crippen LogP contribution in [0.2, 0.25) is 0 Å². The third-order valence-corrected chi connectivity index (χ3v) is 5.18. The van der Waals surface area contributed by atoms with E-state index in [1.807, 2.05) is 13.8 Å². The smallest absolute Gasteiger partial charge is 0.251 e. The molecule has 1 aliphatic carbocycles. The summed E-state index contributed by atoms with van der Waals surface area (Å²) in [5, 5.41) is 2.93. The predicted molar refractivity (Wildman–Crippen MR) is 81.6 cm³/mol. The molecule has 21 heavy (non-hydrogen) atoms. The van der Waals surface area contributed by atoms with Gasteiger partial charge < -0.3 is 5.32 Å². The Kier molecular flexibility index (Phi) is 5.00. The highest BCUT2D eigenvalue weighted by Crippen LogP contribution is 2.22. The molecule has 0 spiro atoms. The van der Waals surface area contributed by atoms with Gasteiger partial charge in [0, 0.05) is 17.6 Å². The van der Waals surface area contributed by atoms with Gasteiger partial charge in [-0.05, 0) is 49.9 Å². The fourth-order valence-corrected chi connectivity index (χ4v) is 3.34. The lowest BCUT2D eigenvalue weighted by atomic mass is 10.1. The number of amides is 1. The Morgan fingerprint density at radius 2 is 1.76 bits per heavy atom. The van der Waals surface area contributed by atoms with Crippen molar-refractivity contribution < 1.29 is 13.2 Å². The Morgan fingerprint density at radius 3 is 2.24 bits per heavy atom. The molecule has 1 amide bonds. The second-order valence-electron chi connectivity index (χ2n) is 5.41. The van der Waals surface area contributed by atoms with Crippen molar-refractivity contribution in [1.82, 2.24) is 10.0 Å². The van der Waals surface area contributed by atoms with E-state index in [4.69, 9.17) is 0 Å². The van der Waals surface area contributed by atoms with Crippen LogP contribution < -0.4 is 10.0 Å². The van der Waals surface area contributed by atoms with Crippen molar-refractivity contribution >= 4 is 15.9 Å². The summed E-state index contributed by atoms with van der Waals surface area (Å²) in [5.41, 5.74) is 0.479. The quantitative estimate of drug-likeness (QED) is 0.809. The molecule has 0 unspecified atom stereocenters. The molecule has 1 saturated carbocycles. The minimum Gasteiger partial charge on any atom is -0.349 e. The highest BCUT2D eigenvalue weighted by molar-refractivity contribution is 7.89. The minimum absolute atomic E-state index is 0.0767. The van der Waals surface area contributed by atoms with E-state index in [-0.39, 0.29) is 22.9 Å². The monoisotopic (exact) mass is 310 g/mol. The zero-order valence-electron chi connectivity index (χ0n) is 12.4. The summed E-state index contributed by atoms with van der Waals surface area (Å²) in [5.74, 6) is -0.164. The molecule has 0 aliphatic heterocycles. The summed E-state index contributed by atoms with van der Waals surface area (Å²) >= 11 is 0. The molecular weight excluding hydrogens is 288 g/mol. The number of benzene rings is 1. The third-order valence-electron chi connectivity index (χ3n) is 3.65. The zero-order chi connectivity index (χ0) is 15.5. The van der Waals surface area contributed by atoms with Gasteiger partial charge in [-0.15, -0.1) is 0 Å².